The minimum atomic E-state index is -7.84. The number of rotatable bonds is 9. The summed E-state index contributed by atoms with van der Waals surface area (Å²) in [5.41, 5.74) is -6.66. The van der Waals surface area contributed by atoms with Gasteiger partial charge in [0, 0.05) is 0 Å². The van der Waals surface area contributed by atoms with Gasteiger partial charge in [-0.25, -0.2) is 0 Å². The van der Waals surface area contributed by atoms with E-state index >= 15 is 0 Å². The third-order valence-corrected chi connectivity index (χ3v) is 3.26. The number of hydrogen-bond donors (Lipinski definition) is 0. The third kappa shape index (κ3) is 6.14. The zero-order valence-electron chi connectivity index (χ0n) is 14.7. The molecule has 0 bridgehead atoms. The maximum Gasteiger partial charge on any atom is 0.462 e. The van der Waals surface area contributed by atoms with Crippen LogP contribution in [0.4, 0.5) is 92.2 Å². The van der Waals surface area contributed by atoms with Crippen molar-refractivity contribution in [3.05, 3.63) is 0 Å². The molecule has 3 nitrogen and oxygen atoms in total. The number of alkyl halides is 21. The van der Waals surface area contributed by atoms with Crippen LogP contribution in [-0.2, 0) is 14.2 Å². The number of ether oxygens (including phenoxy) is 3. The second kappa shape index (κ2) is 8.59. The van der Waals surface area contributed by atoms with Crippen LogP contribution in [0.2, 0.25) is 0 Å². The summed E-state index contributed by atoms with van der Waals surface area (Å²) >= 11 is 0. The lowest BCUT2D eigenvalue weighted by molar-refractivity contribution is -0.569. The highest BCUT2D eigenvalue weighted by Gasteiger charge is 2.81. The van der Waals surface area contributed by atoms with E-state index < -0.39 is 60.2 Å². The topological polar surface area (TPSA) is 27.7 Å². The van der Waals surface area contributed by atoms with Gasteiger partial charge >= 0.3 is 54.6 Å². The van der Waals surface area contributed by atoms with Crippen molar-refractivity contribution in [2.24, 2.45) is 0 Å². The van der Waals surface area contributed by atoms with Crippen molar-refractivity contribution in [2.75, 3.05) is 0 Å². The third-order valence-electron chi connectivity index (χ3n) is 2.95. The molecule has 209 valence electrons. The Balaban J connectivity index is 6.87. The maximum atomic E-state index is 13.2. The van der Waals surface area contributed by atoms with E-state index in [0.717, 1.165) is 0 Å². The molecular formula is C10F21O3Si. The zero-order chi connectivity index (χ0) is 29.1. The Morgan fingerprint density at radius 3 is 0.571 bits per heavy atom. The Labute approximate surface area is 178 Å². The van der Waals surface area contributed by atoms with Gasteiger partial charge in [-0.1, -0.05) is 0 Å². The van der Waals surface area contributed by atoms with Crippen LogP contribution in [0.1, 0.15) is 0 Å². The molecule has 0 spiro atoms. The van der Waals surface area contributed by atoms with Gasteiger partial charge in [0.15, 0.2) is 10.2 Å². The lowest BCUT2D eigenvalue weighted by Crippen LogP contribution is -2.65. The predicted octanol–water partition coefficient (Wildman–Crippen LogP) is 6.19. The first-order chi connectivity index (χ1) is 14.6. The molecule has 0 amide bonds. The summed E-state index contributed by atoms with van der Waals surface area (Å²) in [5, 5.41) is 0. The first-order valence-corrected chi connectivity index (χ1v) is 7.44. The molecule has 0 aromatic carbocycles. The van der Waals surface area contributed by atoms with Crippen LogP contribution in [0.5, 0.6) is 0 Å². The van der Waals surface area contributed by atoms with Crippen LogP contribution in [-0.4, -0.2) is 70.5 Å². The molecule has 0 heterocycles. The summed E-state index contributed by atoms with van der Waals surface area (Å²) in [5.74, 6) is -23.5. The van der Waals surface area contributed by atoms with E-state index in [9.17, 15) is 92.2 Å². The zero-order valence-corrected chi connectivity index (χ0v) is 15.7. The Morgan fingerprint density at radius 2 is 0.457 bits per heavy atom. The summed E-state index contributed by atoms with van der Waals surface area (Å²) in [6, 6.07) is 0. The standard InChI is InChI=1S/C10F21O3Si/c11-1(12,4(17,18)19)7(26,27)32-10(35,33-8(28,29)2(13,14)5(20,21)22)34-9(30,31)3(15,16)6(23,24)25. The number of halogens is 21. The molecule has 25 heteroatoms. The minimum absolute atomic E-state index is 0.433. The van der Waals surface area contributed by atoms with E-state index in [0.29, 0.717) is 10.2 Å². The Morgan fingerprint density at radius 1 is 0.314 bits per heavy atom. The molecule has 0 aliphatic rings. The van der Waals surface area contributed by atoms with Gasteiger partial charge in [-0.15, -0.1) is 0 Å². The maximum absolute atomic E-state index is 13.2. The number of hydrogen-bond acceptors (Lipinski definition) is 3. The molecule has 0 aromatic heterocycles. The molecule has 0 N–H and O–H groups in total. The lowest BCUT2D eigenvalue weighted by atomic mass is 10.3. The average Bonchev–Trinajstić information content (AvgIpc) is 2.48. The van der Waals surface area contributed by atoms with Crippen molar-refractivity contribution >= 4 is 10.2 Å². The Kier molecular flexibility index (Phi) is 8.26. The molecule has 0 rings (SSSR count). The lowest BCUT2D eigenvalue weighted by Gasteiger charge is -2.41. The van der Waals surface area contributed by atoms with Crippen LogP contribution in [0.3, 0.4) is 0 Å². The van der Waals surface area contributed by atoms with Gasteiger partial charge in [0.1, 0.15) is 0 Å². The fraction of sp³-hybridized carbons (Fsp3) is 1.00. The summed E-state index contributed by atoms with van der Waals surface area (Å²) in [6.07, 6.45) is -46.2. The highest BCUT2D eigenvalue weighted by atomic mass is 28.1. The largest absolute Gasteiger partial charge is 0.462 e. The van der Waals surface area contributed by atoms with Gasteiger partial charge in [-0.05, 0) is 0 Å². The first-order valence-electron chi connectivity index (χ1n) is 6.94. The van der Waals surface area contributed by atoms with Crippen LogP contribution in [0.25, 0.3) is 0 Å². The molecular weight excluding hydrogens is 595 g/mol. The molecule has 0 unspecified atom stereocenters. The molecule has 0 aliphatic heterocycles. The van der Waals surface area contributed by atoms with Crippen LogP contribution in [0.15, 0.2) is 0 Å². The molecule has 0 aromatic rings. The Bertz CT molecular complexity index is 650. The second-order valence-corrected chi connectivity index (χ2v) is 6.24. The summed E-state index contributed by atoms with van der Waals surface area (Å²) in [7, 11) is 0.433. The fourth-order valence-corrected chi connectivity index (χ4v) is 1.64. The monoisotopic (exact) mass is 595 g/mol. The van der Waals surface area contributed by atoms with E-state index in [1.807, 2.05) is 14.2 Å². The smallest absolute Gasteiger partial charge is 0.262 e. The van der Waals surface area contributed by atoms with Crippen molar-refractivity contribution in [1.29, 1.82) is 0 Å². The molecule has 0 fully saturated rings. The molecule has 3 radical (unpaired) electrons. The van der Waals surface area contributed by atoms with Gasteiger partial charge in [0.25, 0.3) is 5.60 Å². The normalized spacial score (nSPS) is 16.6. The molecule has 0 atom stereocenters. The van der Waals surface area contributed by atoms with Crippen LogP contribution in [0, 0.1) is 0 Å². The average molecular weight is 595 g/mol. The van der Waals surface area contributed by atoms with E-state index in [4.69, 9.17) is 0 Å². The molecule has 0 saturated carbocycles. The highest BCUT2D eigenvalue weighted by Crippen LogP contribution is 2.54. The van der Waals surface area contributed by atoms with Crippen LogP contribution >= 0.6 is 0 Å². The van der Waals surface area contributed by atoms with Crippen molar-refractivity contribution < 1.29 is 106 Å². The summed E-state index contributed by atoms with van der Waals surface area (Å²) in [4.78, 5) is 0. The van der Waals surface area contributed by atoms with E-state index in [2.05, 4.69) is 0 Å². The second-order valence-electron chi connectivity index (χ2n) is 5.63. The predicted molar refractivity (Wildman–Crippen MR) is 59.6 cm³/mol. The van der Waals surface area contributed by atoms with Gasteiger partial charge in [-0.2, -0.15) is 92.2 Å². The minimum Gasteiger partial charge on any atom is -0.262 e. The molecule has 0 aliphatic carbocycles. The van der Waals surface area contributed by atoms with E-state index in [1.54, 1.807) is 0 Å². The summed E-state index contributed by atoms with van der Waals surface area (Å²) < 4.78 is 270. The summed E-state index contributed by atoms with van der Waals surface area (Å²) in [6.45, 7) is 0. The van der Waals surface area contributed by atoms with Crippen molar-refractivity contribution in [2.45, 2.75) is 60.2 Å². The van der Waals surface area contributed by atoms with Gasteiger partial charge in [0.05, 0.1) is 0 Å². The Hall–Kier alpha value is -1.37. The van der Waals surface area contributed by atoms with Crippen LogP contribution < -0.4 is 0 Å². The molecule has 0 saturated heterocycles. The van der Waals surface area contributed by atoms with Gasteiger partial charge in [-0.3, -0.25) is 14.2 Å². The SMILES string of the molecule is FC(F)(F)C(F)(F)C(F)(F)OC([Si])(OC(F)(F)C(F)(F)C(F)(F)F)OC(F)(F)C(F)(F)C(F)(F)F. The van der Waals surface area contributed by atoms with Gasteiger partial charge < -0.3 is 0 Å². The van der Waals surface area contributed by atoms with Crippen molar-refractivity contribution in [1.82, 2.24) is 0 Å². The van der Waals surface area contributed by atoms with Gasteiger partial charge in [0.2, 0.25) is 0 Å². The van der Waals surface area contributed by atoms with Crippen molar-refractivity contribution in [3.63, 3.8) is 0 Å². The highest BCUT2D eigenvalue weighted by molar-refractivity contribution is 6.12. The quantitative estimate of drug-likeness (QED) is 0.181. The van der Waals surface area contributed by atoms with Crippen molar-refractivity contribution in [3.8, 4) is 0 Å². The molecule has 35 heavy (non-hydrogen) atoms. The first kappa shape index (κ1) is 33.6. The fourth-order valence-electron chi connectivity index (χ4n) is 1.26. The van der Waals surface area contributed by atoms with E-state index in [-0.39, 0.29) is 0 Å². The van der Waals surface area contributed by atoms with E-state index in [1.165, 1.54) is 0 Å².